The molecule has 0 saturated carbocycles. The number of ether oxygens (including phenoxy) is 1. The van der Waals surface area contributed by atoms with Gasteiger partial charge in [-0.3, -0.25) is 0 Å². The molecule has 0 bridgehead atoms. The number of rotatable bonds is 6. The van der Waals surface area contributed by atoms with E-state index in [1.807, 2.05) is 26.0 Å². The summed E-state index contributed by atoms with van der Waals surface area (Å²) < 4.78 is 6.73. The topological polar surface area (TPSA) is 60.2 Å². The Balaban J connectivity index is 1.92. The van der Waals surface area contributed by atoms with E-state index in [-0.39, 0.29) is 6.10 Å². The minimum absolute atomic E-state index is 0.0588. The number of nitrogens with two attached hydrogens (primary N) is 1. The van der Waals surface area contributed by atoms with E-state index in [1.165, 1.54) is 4.88 Å². The Morgan fingerprint density at radius 1 is 1.35 bits per heavy atom. The van der Waals surface area contributed by atoms with Crippen molar-refractivity contribution in [2.24, 2.45) is 0 Å². The van der Waals surface area contributed by atoms with Gasteiger partial charge in [0, 0.05) is 11.4 Å². The van der Waals surface area contributed by atoms with Crippen molar-refractivity contribution in [1.82, 2.24) is 4.98 Å². The lowest BCUT2D eigenvalue weighted by atomic mass is 10.3. The number of thiophene rings is 1. The number of hydrogen-bond donors (Lipinski definition) is 2. The van der Waals surface area contributed by atoms with E-state index < -0.39 is 0 Å². The second-order valence-electron chi connectivity index (χ2n) is 4.64. The van der Waals surface area contributed by atoms with Gasteiger partial charge in [0.05, 0.1) is 15.6 Å². The first kappa shape index (κ1) is 15.1. The zero-order valence-electron chi connectivity index (χ0n) is 11.5. The predicted molar refractivity (Wildman–Crippen MR) is 88.6 cm³/mol. The highest BCUT2D eigenvalue weighted by molar-refractivity contribution is 9.11. The van der Waals surface area contributed by atoms with Crippen molar-refractivity contribution in [2.45, 2.75) is 26.4 Å². The van der Waals surface area contributed by atoms with Crippen LogP contribution >= 0.6 is 27.3 Å². The molecule has 0 spiro atoms. The molecule has 0 radical (unpaired) electrons. The van der Waals surface area contributed by atoms with Crippen LogP contribution in [0.2, 0.25) is 0 Å². The van der Waals surface area contributed by atoms with Crippen LogP contribution in [0.25, 0.3) is 0 Å². The van der Waals surface area contributed by atoms with Crippen molar-refractivity contribution in [3.05, 3.63) is 32.9 Å². The van der Waals surface area contributed by atoms with E-state index in [1.54, 1.807) is 11.3 Å². The minimum Gasteiger partial charge on any atom is -0.473 e. The van der Waals surface area contributed by atoms with Gasteiger partial charge in [-0.25, -0.2) is 0 Å². The Morgan fingerprint density at radius 2 is 2.15 bits per heavy atom. The highest BCUT2D eigenvalue weighted by atomic mass is 79.9. The van der Waals surface area contributed by atoms with Crippen molar-refractivity contribution in [1.29, 1.82) is 0 Å². The lowest BCUT2D eigenvalue weighted by molar-refractivity contribution is 0.234. The molecule has 0 unspecified atom stereocenters. The summed E-state index contributed by atoms with van der Waals surface area (Å²) in [5, 5.41) is 3.29. The van der Waals surface area contributed by atoms with Crippen molar-refractivity contribution in [3.8, 4) is 5.88 Å². The fourth-order valence-electron chi connectivity index (χ4n) is 1.67. The first-order valence-electron chi connectivity index (χ1n) is 6.46. The van der Waals surface area contributed by atoms with E-state index in [2.05, 4.69) is 38.4 Å². The standard InChI is InChI=1S/C14H18BrN3OS/c1-9(2)19-14-11(16)4-6-13(18-14)17-8-7-10-3-5-12(15)20-10/h3-6,9H,7-8,16H2,1-2H3,(H,17,18). The number of nitrogens with zero attached hydrogens (tertiary/aromatic N) is 1. The van der Waals surface area contributed by atoms with Gasteiger partial charge in [-0.1, -0.05) is 0 Å². The molecule has 0 aromatic carbocycles. The smallest absolute Gasteiger partial charge is 0.239 e. The van der Waals surface area contributed by atoms with Gasteiger partial charge < -0.3 is 15.8 Å². The number of nitrogens with one attached hydrogen (secondary N) is 1. The van der Waals surface area contributed by atoms with Crippen LogP contribution in [0.5, 0.6) is 5.88 Å². The van der Waals surface area contributed by atoms with Crippen molar-refractivity contribution < 1.29 is 4.74 Å². The molecule has 2 heterocycles. The number of pyridine rings is 1. The zero-order valence-corrected chi connectivity index (χ0v) is 13.9. The van der Waals surface area contributed by atoms with Gasteiger partial charge in [0.25, 0.3) is 0 Å². The maximum atomic E-state index is 5.84. The lowest BCUT2D eigenvalue weighted by Gasteiger charge is -2.12. The lowest BCUT2D eigenvalue weighted by Crippen LogP contribution is -2.11. The van der Waals surface area contributed by atoms with Gasteiger partial charge in [-0.15, -0.1) is 11.3 Å². The van der Waals surface area contributed by atoms with Crippen LogP contribution in [0.3, 0.4) is 0 Å². The predicted octanol–water partition coefficient (Wildman–Crippen LogP) is 3.93. The molecule has 6 heteroatoms. The molecule has 0 amide bonds. The second-order valence-corrected chi connectivity index (χ2v) is 7.19. The van der Waals surface area contributed by atoms with Gasteiger partial charge in [0.2, 0.25) is 5.88 Å². The van der Waals surface area contributed by atoms with Gasteiger partial charge in [-0.05, 0) is 60.5 Å². The minimum atomic E-state index is 0.0588. The Hall–Kier alpha value is -1.27. The van der Waals surface area contributed by atoms with Crippen molar-refractivity contribution in [2.75, 3.05) is 17.6 Å². The summed E-state index contributed by atoms with van der Waals surface area (Å²) in [7, 11) is 0. The van der Waals surface area contributed by atoms with Crippen molar-refractivity contribution in [3.63, 3.8) is 0 Å². The van der Waals surface area contributed by atoms with Crippen LogP contribution in [-0.4, -0.2) is 17.6 Å². The molecule has 0 atom stereocenters. The average molecular weight is 356 g/mol. The molecule has 2 aromatic heterocycles. The molecular formula is C14H18BrN3OS. The normalized spacial score (nSPS) is 10.8. The van der Waals surface area contributed by atoms with Gasteiger partial charge in [-0.2, -0.15) is 4.98 Å². The molecule has 0 aliphatic carbocycles. The van der Waals surface area contributed by atoms with Crippen LogP contribution in [-0.2, 0) is 6.42 Å². The van der Waals surface area contributed by atoms with E-state index in [0.717, 1.165) is 22.6 Å². The molecule has 0 saturated heterocycles. The number of halogens is 1. The number of nitrogen functional groups attached to an aromatic ring is 1. The Kier molecular flexibility index (Phi) is 5.25. The van der Waals surface area contributed by atoms with Crippen LogP contribution in [0, 0.1) is 0 Å². The molecule has 3 N–H and O–H groups in total. The first-order chi connectivity index (χ1) is 9.54. The quantitative estimate of drug-likeness (QED) is 0.823. The maximum Gasteiger partial charge on any atom is 0.239 e. The van der Waals surface area contributed by atoms with Crippen LogP contribution in [0.1, 0.15) is 18.7 Å². The largest absolute Gasteiger partial charge is 0.473 e. The highest BCUT2D eigenvalue weighted by Crippen LogP contribution is 2.23. The highest BCUT2D eigenvalue weighted by Gasteiger charge is 2.06. The Morgan fingerprint density at radius 3 is 2.80 bits per heavy atom. The van der Waals surface area contributed by atoms with E-state index >= 15 is 0 Å². The molecular weight excluding hydrogens is 338 g/mol. The fraction of sp³-hybridized carbons (Fsp3) is 0.357. The zero-order chi connectivity index (χ0) is 14.5. The summed E-state index contributed by atoms with van der Waals surface area (Å²) in [4.78, 5) is 5.72. The number of aromatic nitrogens is 1. The Bertz CT molecular complexity index is 571. The summed E-state index contributed by atoms with van der Waals surface area (Å²) in [6.07, 6.45) is 1.02. The van der Waals surface area contributed by atoms with Crippen LogP contribution in [0.4, 0.5) is 11.5 Å². The van der Waals surface area contributed by atoms with E-state index in [9.17, 15) is 0 Å². The molecule has 108 valence electrons. The molecule has 2 rings (SSSR count). The summed E-state index contributed by atoms with van der Waals surface area (Å²) in [5.41, 5.74) is 6.40. The summed E-state index contributed by atoms with van der Waals surface area (Å²) >= 11 is 5.21. The van der Waals surface area contributed by atoms with Gasteiger partial charge in [0.15, 0.2) is 0 Å². The number of hydrogen-bond acceptors (Lipinski definition) is 5. The Labute approximate surface area is 131 Å². The summed E-state index contributed by atoms with van der Waals surface area (Å²) in [5.74, 6) is 1.27. The summed E-state index contributed by atoms with van der Waals surface area (Å²) in [6.45, 7) is 4.73. The van der Waals surface area contributed by atoms with E-state index in [0.29, 0.717) is 11.6 Å². The first-order valence-corrected chi connectivity index (χ1v) is 8.07. The third-order valence-electron chi connectivity index (χ3n) is 2.54. The molecule has 2 aromatic rings. The average Bonchev–Trinajstić information content (AvgIpc) is 2.78. The van der Waals surface area contributed by atoms with Crippen LogP contribution < -0.4 is 15.8 Å². The molecule has 0 aliphatic heterocycles. The maximum absolute atomic E-state index is 5.84. The van der Waals surface area contributed by atoms with Crippen molar-refractivity contribution >= 4 is 38.8 Å². The van der Waals surface area contributed by atoms with Gasteiger partial charge >= 0.3 is 0 Å². The monoisotopic (exact) mass is 355 g/mol. The molecule has 20 heavy (non-hydrogen) atoms. The third kappa shape index (κ3) is 4.38. The third-order valence-corrected chi connectivity index (χ3v) is 4.23. The molecule has 4 nitrogen and oxygen atoms in total. The molecule has 0 aliphatic rings. The summed E-state index contributed by atoms with van der Waals surface area (Å²) in [6, 6.07) is 7.87. The van der Waals surface area contributed by atoms with E-state index in [4.69, 9.17) is 10.5 Å². The molecule has 0 fully saturated rings. The van der Waals surface area contributed by atoms with Gasteiger partial charge in [0.1, 0.15) is 5.82 Å². The second kappa shape index (κ2) is 6.95. The SMILES string of the molecule is CC(C)Oc1nc(NCCc2ccc(Br)s2)ccc1N. The van der Waals surface area contributed by atoms with Crippen LogP contribution in [0.15, 0.2) is 28.1 Å². The number of anilines is 2. The fourth-order valence-corrected chi connectivity index (χ4v) is 3.15.